The van der Waals surface area contributed by atoms with E-state index in [1.807, 2.05) is 0 Å². The zero-order chi connectivity index (χ0) is 18.8. The fourth-order valence-corrected chi connectivity index (χ4v) is 4.81. The van der Waals surface area contributed by atoms with Crippen LogP contribution in [-0.2, 0) is 0 Å². The zero-order valence-electron chi connectivity index (χ0n) is 16.8. The topological polar surface area (TPSA) is 61.3 Å². The number of fused-ring (bicyclic) bond motifs is 1. The number of nitrogens with zero attached hydrogens (tertiary/aromatic N) is 7. The lowest BCUT2D eigenvalue weighted by Crippen LogP contribution is -2.34. The number of hydrogen-bond acceptors (Lipinski definition) is 7. The fourth-order valence-electron chi connectivity index (χ4n) is 4.81. The highest BCUT2D eigenvalue weighted by atomic mass is 15.3. The highest BCUT2D eigenvalue weighted by Crippen LogP contribution is 2.32. The Morgan fingerprint density at radius 1 is 0.500 bits per heavy atom. The van der Waals surface area contributed by atoms with Crippen LogP contribution in [0.15, 0.2) is 6.33 Å². The van der Waals surface area contributed by atoms with Crippen LogP contribution in [-0.4, -0.2) is 59.2 Å². The van der Waals surface area contributed by atoms with Gasteiger partial charge >= 0.3 is 0 Å². The Morgan fingerprint density at radius 2 is 1.04 bits per heavy atom. The summed E-state index contributed by atoms with van der Waals surface area (Å²) < 4.78 is 0. The van der Waals surface area contributed by atoms with E-state index in [1.54, 1.807) is 6.33 Å². The van der Waals surface area contributed by atoms with Crippen LogP contribution in [0.5, 0.6) is 0 Å². The molecule has 0 amide bonds. The summed E-state index contributed by atoms with van der Waals surface area (Å²) in [4.78, 5) is 26.7. The molecule has 0 unspecified atom stereocenters. The summed E-state index contributed by atoms with van der Waals surface area (Å²) in [6, 6.07) is 0. The van der Waals surface area contributed by atoms with Gasteiger partial charge in [0.05, 0.1) is 0 Å². The molecule has 3 aliphatic heterocycles. The van der Waals surface area contributed by atoms with Crippen molar-refractivity contribution in [1.29, 1.82) is 0 Å². The lowest BCUT2D eigenvalue weighted by molar-refractivity contribution is 0.561. The molecule has 5 rings (SSSR count). The fraction of sp³-hybridized carbons (Fsp3) is 0.714. The normalized spacial score (nSPS) is 21.4. The van der Waals surface area contributed by atoms with Crippen molar-refractivity contribution in [2.75, 3.05) is 54.0 Å². The lowest BCUT2D eigenvalue weighted by atomic mass is 10.1. The number of hydrogen-bond donors (Lipinski definition) is 0. The van der Waals surface area contributed by atoms with Gasteiger partial charge in [0.25, 0.3) is 0 Å². The van der Waals surface area contributed by atoms with Gasteiger partial charge in [-0.3, -0.25) is 0 Å². The van der Waals surface area contributed by atoms with Crippen LogP contribution in [0.2, 0.25) is 0 Å². The second-order valence-corrected chi connectivity index (χ2v) is 8.38. The molecule has 0 spiro atoms. The summed E-state index contributed by atoms with van der Waals surface area (Å²) in [7, 11) is 0. The van der Waals surface area contributed by atoms with Gasteiger partial charge in [0, 0.05) is 39.3 Å². The zero-order valence-corrected chi connectivity index (χ0v) is 16.8. The minimum Gasteiger partial charge on any atom is -0.355 e. The van der Waals surface area contributed by atoms with Gasteiger partial charge in [-0.05, 0) is 57.8 Å². The van der Waals surface area contributed by atoms with Crippen molar-refractivity contribution in [1.82, 2.24) is 19.9 Å². The molecule has 0 N–H and O–H groups in total. The van der Waals surface area contributed by atoms with Crippen LogP contribution < -0.4 is 14.7 Å². The van der Waals surface area contributed by atoms with Crippen LogP contribution in [0.3, 0.4) is 0 Å². The Balaban J connectivity index is 1.63. The van der Waals surface area contributed by atoms with E-state index in [9.17, 15) is 0 Å². The highest BCUT2D eigenvalue weighted by molar-refractivity contribution is 5.94. The van der Waals surface area contributed by atoms with Crippen LogP contribution in [0.25, 0.3) is 11.0 Å². The van der Waals surface area contributed by atoms with E-state index < -0.39 is 0 Å². The van der Waals surface area contributed by atoms with E-state index >= 15 is 0 Å². The standard InChI is InChI=1S/C21H31N7/c1-4-10-26(11-5-1)19-18-17(22-16-23-19)20(27-12-6-2-7-13-27)25-21(24-18)28-14-8-3-9-15-28/h16H,1-15H2. The first-order valence-corrected chi connectivity index (χ1v) is 11.2. The minimum absolute atomic E-state index is 0.876. The van der Waals surface area contributed by atoms with Gasteiger partial charge in [-0.1, -0.05) is 0 Å². The highest BCUT2D eigenvalue weighted by Gasteiger charge is 2.25. The number of rotatable bonds is 3. The van der Waals surface area contributed by atoms with Crippen molar-refractivity contribution in [2.45, 2.75) is 57.8 Å². The molecular formula is C21H31N7. The molecular weight excluding hydrogens is 350 g/mol. The van der Waals surface area contributed by atoms with E-state index in [-0.39, 0.29) is 0 Å². The van der Waals surface area contributed by atoms with Crippen molar-refractivity contribution >= 4 is 28.6 Å². The van der Waals surface area contributed by atoms with E-state index in [0.717, 1.165) is 67.9 Å². The first kappa shape index (κ1) is 17.9. The monoisotopic (exact) mass is 381 g/mol. The molecule has 150 valence electrons. The van der Waals surface area contributed by atoms with Crippen molar-refractivity contribution in [3.8, 4) is 0 Å². The van der Waals surface area contributed by atoms with E-state index in [1.165, 1.54) is 57.8 Å². The molecule has 5 heterocycles. The van der Waals surface area contributed by atoms with Gasteiger partial charge in [-0.25, -0.2) is 15.0 Å². The molecule has 0 aromatic carbocycles. The van der Waals surface area contributed by atoms with Crippen molar-refractivity contribution in [3.05, 3.63) is 6.33 Å². The molecule has 7 heteroatoms. The third-order valence-corrected chi connectivity index (χ3v) is 6.38. The average molecular weight is 382 g/mol. The van der Waals surface area contributed by atoms with Crippen molar-refractivity contribution in [3.63, 3.8) is 0 Å². The maximum absolute atomic E-state index is 5.07. The molecule has 0 saturated carbocycles. The van der Waals surface area contributed by atoms with Gasteiger partial charge in [0.2, 0.25) is 5.95 Å². The van der Waals surface area contributed by atoms with Crippen molar-refractivity contribution < 1.29 is 0 Å². The van der Waals surface area contributed by atoms with Crippen LogP contribution in [0.4, 0.5) is 17.6 Å². The third-order valence-electron chi connectivity index (χ3n) is 6.38. The molecule has 0 atom stereocenters. The van der Waals surface area contributed by atoms with E-state index in [4.69, 9.17) is 15.0 Å². The van der Waals surface area contributed by atoms with Crippen molar-refractivity contribution in [2.24, 2.45) is 0 Å². The maximum Gasteiger partial charge on any atom is 0.228 e. The first-order chi connectivity index (χ1) is 13.9. The Hall–Kier alpha value is -2.18. The van der Waals surface area contributed by atoms with Gasteiger partial charge in [-0.2, -0.15) is 4.98 Å². The summed E-state index contributed by atoms with van der Waals surface area (Å²) in [6.07, 6.45) is 13.0. The largest absolute Gasteiger partial charge is 0.355 e. The number of aromatic nitrogens is 4. The van der Waals surface area contributed by atoms with Gasteiger partial charge < -0.3 is 14.7 Å². The Bertz CT molecular complexity index is 806. The second kappa shape index (κ2) is 8.05. The molecule has 3 aliphatic rings. The molecule has 3 fully saturated rings. The SMILES string of the molecule is c1nc(N2CCCCC2)c2nc(N3CCCCC3)nc(N3CCCCC3)c2n1. The van der Waals surface area contributed by atoms with Gasteiger partial charge in [-0.15, -0.1) is 0 Å². The maximum atomic E-state index is 5.07. The molecule has 3 saturated heterocycles. The van der Waals surface area contributed by atoms with Crippen LogP contribution >= 0.6 is 0 Å². The third kappa shape index (κ3) is 3.47. The number of anilines is 3. The molecule has 7 nitrogen and oxygen atoms in total. The summed E-state index contributed by atoms with van der Waals surface area (Å²) in [5.74, 6) is 2.90. The predicted molar refractivity (Wildman–Crippen MR) is 113 cm³/mol. The van der Waals surface area contributed by atoms with Gasteiger partial charge in [0.15, 0.2) is 11.6 Å². The van der Waals surface area contributed by atoms with E-state index in [0.29, 0.717) is 0 Å². The van der Waals surface area contributed by atoms with Gasteiger partial charge in [0.1, 0.15) is 17.4 Å². The molecule has 0 aliphatic carbocycles. The molecule has 28 heavy (non-hydrogen) atoms. The summed E-state index contributed by atoms with van der Waals surface area (Å²) in [5, 5.41) is 0. The first-order valence-electron chi connectivity index (χ1n) is 11.2. The smallest absolute Gasteiger partial charge is 0.228 e. The molecule has 2 aromatic rings. The quantitative estimate of drug-likeness (QED) is 0.807. The summed E-state index contributed by atoms with van der Waals surface area (Å²) in [5.41, 5.74) is 1.87. The minimum atomic E-state index is 0.876. The Morgan fingerprint density at radius 3 is 1.64 bits per heavy atom. The molecule has 0 bridgehead atoms. The molecule has 2 aromatic heterocycles. The van der Waals surface area contributed by atoms with E-state index in [2.05, 4.69) is 19.7 Å². The average Bonchev–Trinajstić information content (AvgIpc) is 2.79. The summed E-state index contributed by atoms with van der Waals surface area (Å²) in [6.45, 7) is 6.36. The predicted octanol–water partition coefficient (Wildman–Crippen LogP) is 3.39. The van der Waals surface area contributed by atoms with Crippen LogP contribution in [0, 0.1) is 0 Å². The Labute approximate surface area is 167 Å². The molecule has 0 radical (unpaired) electrons. The number of piperidine rings is 3. The Kier molecular flexibility index (Phi) is 5.14. The second-order valence-electron chi connectivity index (χ2n) is 8.38. The summed E-state index contributed by atoms with van der Waals surface area (Å²) >= 11 is 0. The van der Waals surface area contributed by atoms with Crippen LogP contribution in [0.1, 0.15) is 57.8 Å². The lowest BCUT2D eigenvalue weighted by Gasteiger charge is -2.32.